The van der Waals surface area contributed by atoms with E-state index in [0.717, 1.165) is 12.3 Å². The Hall–Kier alpha value is -2.65. The average Bonchev–Trinajstić information content (AvgIpc) is 2.74. The van der Waals surface area contributed by atoms with Crippen LogP contribution in [0.15, 0.2) is 29.8 Å². The molecule has 0 amide bonds. The Morgan fingerprint density at radius 1 is 1.43 bits per heavy atom. The third-order valence-electron chi connectivity index (χ3n) is 3.03. The molecule has 0 saturated carbocycles. The highest BCUT2D eigenvalue weighted by Gasteiger charge is 2.52. The lowest BCUT2D eigenvalue weighted by atomic mass is 9.89. The van der Waals surface area contributed by atoms with E-state index in [1.54, 1.807) is 0 Å². The molecule has 2 atom stereocenters. The Morgan fingerprint density at radius 2 is 2.10 bits per heavy atom. The van der Waals surface area contributed by atoms with Crippen molar-refractivity contribution >= 4 is 11.9 Å². The van der Waals surface area contributed by atoms with Gasteiger partial charge in [0.1, 0.15) is 0 Å². The van der Waals surface area contributed by atoms with Crippen LogP contribution in [0.3, 0.4) is 0 Å². The van der Waals surface area contributed by atoms with Crippen LogP contribution >= 0.6 is 0 Å². The van der Waals surface area contributed by atoms with Crippen molar-refractivity contribution in [3.8, 4) is 0 Å². The molecule has 9 nitrogen and oxygen atoms in total. The monoisotopic (exact) mass is 297 g/mol. The summed E-state index contributed by atoms with van der Waals surface area (Å²) >= 11 is 0. The Kier molecular flexibility index (Phi) is 3.54. The molecule has 2 rings (SSSR count). The number of esters is 1. The molecule has 0 unspecified atom stereocenters. The molecular weight excluding hydrogens is 286 g/mol. The van der Waals surface area contributed by atoms with E-state index in [2.05, 4.69) is 9.72 Å². The molecule has 0 bridgehead atoms. The van der Waals surface area contributed by atoms with Crippen molar-refractivity contribution in [3.05, 3.63) is 41.1 Å². The van der Waals surface area contributed by atoms with Crippen LogP contribution in [-0.4, -0.2) is 55.2 Å². The van der Waals surface area contributed by atoms with Crippen LogP contribution in [0.5, 0.6) is 0 Å². The standard InChI is InChI=1S/C12H11NO8/c14-4-12(20,9-6(15)7(16)11(19)21-9)8-5(10(17)18)2-1-3-13-8/h1-3,9,14-16,20H,4H2,(H,17,18)/t9-,12+/m0/s1. The van der Waals surface area contributed by atoms with Crippen molar-refractivity contribution in [2.75, 3.05) is 6.61 Å². The third kappa shape index (κ3) is 2.18. The van der Waals surface area contributed by atoms with Gasteiger partial charge in [0.15, 0.2) is 17.5 Å². The first kappa shape index (κ1) is 14.8. The summed E-state index contributed by atoms with van der Waals surface area (Å²) in [6.07, 6.45) is -0.720. The number of carboxylic acid groups (broad SMARTS) is 1. The fourth-order valence-electron chi connectivity index (χ4n) is 1.98. The van der Waals surface area contributed by atoms with E-state index in [9.17, 15) is 30.0 Å². The minimum atomic E-state index is -2.53. The predicted molar refractivity (Wildman–Crippen MR) is 64.3 cm³/mol. The Balaban J connectivity index is 2.59. The first-order valence-corrected chi connectivity index (χ1v) is 5.68. The van der Waals surface area contributed by atoms with E-state index < -0.39 is 53.0 Å². The first-order chi connectivity index (χ1) is 9.82. The molecule has 2 heterocycles. The molecule has 1 aromatic heterocycles. The normalized spacial score (nSPS) is 21.0. The zero-order valence-corrected chi connectivity index (χ0v) is 10.4. The van der Waals surface area contributed by atoms with Gasteiger partial charge in [-0.3, -0.25) is 4.98 Å². The van der Waals surface area contributed by atoms with E-state index in [1.807, 2.05) is 0 Å². The molecule has 0 saturated heterocycles. The second-order valence-corrected chi connectivity index (χ2v) is 4.31. The number of pyridine rings is 1. The highest BCUT2D eigenvalue weighted by molar-refractivity contribution is 5.90. The number of aliphatic hydroxyl groups excluding tert-OH is 3. The molecule has 1 aliphatic rings. The summed E-state index contributed by atoms with van der Waals surface area (Å²) in [5.41, 5.74) is -3.50. The Morgan fingerprint density at radius 3 is 2.57 bits per heavy atom. The van der Waals surface area contributed by atoms with Crippen LogP contribution in [0.25, 0.3) is 0 Å². The number of aliphatic hydroxyl groups is 4. The van der Waals surface area contributed by atoms with Crippen molar-refractivity contribution in [3.63, 3.8) is 0 Å². The molecule has 1 aliphatic heterocycles. The van der Waals surface area contributed by atoms with Gasteiger partial charge in [-0.15, -0.1) is 0 Å². The number of ether oxygens (including phenoxy) is 1. The van der Waals surface area contributed by atoms with Crippen molar-refractivity contribution in [1.82, 2.24) is 4.98 Å². The lowest BCUT2D eigenvalue weighted by Gasteiger charge is -2.30. The van der Waals surface area contributed by atoms with Gasteiger partial charge in [0, 0.05) is 6.20 Å². The summed E-state index contributed by atoms with van der Waals surface area (Å²) in [5.74, 6) is -4.89. The summed E-state index contributed by atoms with van der Waals surface area (Å²) in [6, 6.07) is 2.40. The molecule has 112 valence electrons. The van der Waals surface area contributed by atoms with Gasteiger partial charge in [-0.25, -0.2) is 9.59 Å². The maximum absolute atomic E-state index is 11.2. The second-order valence-electron chi connectivity index (χ2n) is 4.31. The van der Waals surface area contributed by atoms with E-state index in [-0.39, 0.29) is 0 Å². The number of hydrogen-bond acceptors (Lipinski definition) is 8. The second kappa shape index (κ2) is 5.04. The van der Waals surface area contributed by atoms with Crippen molar-refractivity contribution < 1.29 is 39.9 Å². The van der Waals surface area contributed by atoms with Crippen LogP contribution in [0.4, 0.5) is 0 Å². The molecule has 0 spiro atoms. The summed E-state index contributed by atoms with van der Waals surface area (Å²) in [7, 11) is 0. The van der Waals surface area contributed by atoms with Gasteiger partial charge < -0.3 is 30.3 Å². The van der Waals surface area contributed by atoms with Crippen molar-refractivity contribution in [2.45, 2.75) is 11.7 Å². The number of hydrogen-bond donors (Lipinski definition) is 5. The average molecular weight is 297 g/mol. The molecule has 0 aromatic carbocycles. The zero-order valence-electron chi connectivity index (χ0n) is 10.4. The third-order valence-corrected chi connectivity index (χ3v) is 3.03. The number of carbonyl (C=O) groups excluding carboxylic acids is 1. The SMILES string of the molecule is O=C1O[C@H]([C@@](O)(CO)c2ncccc2C(=O)O)C(O)=C1O. The zero-order chi connectivity index (χ0) is 15.8. The highest BCUT2D eigenvalue weighted by Crippen LogP contribution is 2.35. The number of aromatic carboxylic acids is 1. The molecule has 21 heavy (non-hydrogen) atoms. The maximum atomic E-state index is 11.2. The fourth-order valence-corrected chi connectivity index (χ4v) is 1.98. The van der Waals surface area contributed by atoms with Crippen LogP contribution in [0.2, 0.25) is 0 Å². The summed E-state index contributed by atoms with van der Waals surface area (Å²) in [4.78, 5) is 26.0. The molecule has 5 N–H and O–H groups in total. The lowest BCUT2D eigenvalue weighted by molar-refractivity contribution is -0.162. The molecule has 1 aromatic rings. The van der Waals surface area contributed by atoms with Crippen molar-refractivity contribution in [2.24, 2.45) is 0 Å². The topological polar surface area (TPSA) is 157 Å². The quantitative estimate of drug-likeness (QED) is 0.449. The molecule has 0 aliphatic carbocycles. The summed E-state index contributed by atoms with van der Waals surface area (Å²) in [5, 5.41) is 47.8. The number of carbonyl (C=O) groups is 2. The number of rotatable bonds is 4. The summed E-state index contributed by atoms with van der Waals surface area (Å²) < 4.78 is 4.58. The largest absolute Gasteiger partial charge is 0.505 e. The summed E-state index contributed by atoms with van der Waals surface area (Å²) in [6.45, 7) is -1.11. The van der Waals surface area contributed by atoms with Crippen molar-refractivity contribution in [1.29, 1.82) is 0 Å². The van der Waals surface area contributed by atoms with Crippen LogP contribution in [-0.2, 0) is 15.1 Å². The number of aromatic nitrogens is 1. The van der Waals surface area contributed by atoms with Gasteiger partial charge in [-0.05, 0) is 12.1 Å². The molecule has 9 heteroatoms. The van der Waals surface area contributed by atoms with Gasteiger partial charge in [0.25, 0.3) is 0 Å². The van der Waals surface area contributed by atoms with Gasteiger partial charge in [0.05, 0.1) is 17.9 Å². The van der Waals surface area contributed by atoms with E-state index >= 15 is 0 Å². The van der Waals surface area contributed by atoms with Crippen LogP contribution < -0.4 is 0 Å². The molecule has 0 radical (unpaired) electrons. The predicted octanol–water partition coefficient (Wildman–Crippen LogP) is -0.787. The van der Waals surface area contributed by atoms with E-state index in [0.29, 0.717) is 0 Å². The fraction of sp³-hybridized carbons (Fsp3) is 0.250. The minimum absolute atomic E-state index is 0.454. The van der Waals surface area contributed by atoms with Gasteiger partial charge >= 0.3 is 11.9 Å². The lowest BCUT2D eigenvalue weighted by Crippen LogP contribution is -2.46. The van der Waals surface area contributed by atoms with E-state index in [1.165, 1.54) is 6.07 Å². The Bertz CT molecular complexity index is 640. The number of nitrogens with zero attached hydrogens (tertiary/aromatic N) is 1. The maximum Gasteiger partial charge on any atom is 0.378 e. The van der Waals surface area contributed by atoms with Gasteiger partial charge in [-0.1, -0.05) is 0 Å². The molecular formula is C12H11NO8. The van der Waals surface area contributed by atoms with Crippen LogP contribution in [0.1, 0.15) is 16.1 Å². The number of carboxylic acids is 1. The smallest absolute Gasteiger partial charge is 0.378 e. The molecule has 0 fully saturated rings. The Labute approximate surface area is 117 Å². The minimum Gasteiger partial charge on any atom is -0.505 e. The van der Waals surface area contributed by atoms with Crippen LogP contribution in [0, 0.1) is 0 Å². The first-order valence-electron chi connectivity index (χ1n) is 5.68. The van der Waals surface area contributed by atoms with E-state index in [4.69, 9.17) is 5.11 Å². The van der Waals surface area contributed by atoms with Gasteiger partial charge in [0.2, 0.25) is 5.76 Å². The highest BCUT2D eigenvalue weighted by atomic mass is 16.6. The van der Waals surface area contributed by atoms with Gasteiger partial charge in [-0.2, -0.15) is 0 Å². The number of cyclic esters (lactones) is 1.